The minimum absolute atomic E-state index is 0.0226. The van der Waals surface area contributed by atoms with Gasteiger partial charge in [0, 0.05) is 6.20 Å². The fraction of sp³-hybridized carbons (Fsp3) is 0.111. The lowest BCUT2D eigenvalue weighted by atomic mass is 10.2. The highest BCUT2D eigenvalue weighted by atomic mass is 19.2. The van der Waals surface area contributed by atoms with Crippen LogP contribution in [0.5, 0.6) is 0 Å². The second-order valence-corrected chi connectivity index (χ2v) is 2.74. The van der Waals surface area contributed by atoms with Gasteiger partial charge in [-0.3, -0.25) is 0 Å². The molecule has 1 heterocycles. The summed E-state index contributed by atoms with van der Waals surface area (Å²) in [6.07, 6.45) is 1.41. The Labute approximate surface area is 73.2 Å². The van der Waals surface area contributed by atoms with Crippen LogP contribution in [0.3, 0.4) is 0 Å². The minimum atomic E-state index is -0.940. The van der Waals surface area contributed by atoms with Gasteiger partial charge in [0.25, 0.3) is 0 Å². The SMILES string of the molecule is Cc1cnc2c(F)c(F)ccc2n1. The van der Waals surface area contributed by atoms with Crippen LogP contribution < -0.4 is 0 Å². The summed E-state index contributed by atoms with van der Waals surface area (Å²) in [7, 11) is 0. The van der Waals surface area contributed by atoms with Crippen molar-refractivity contribution in [1.29, 1.82) is 0 Å². The maximum atomic E-state index is 13.1. The molecule has 0 aliphatic rings. The van der Waals surface area contributed by atoms with Crippen molar-refractivity contribution in [2.24, 2.45) is 0 Å². The number of hydrogen-bond acceptors (Lipinski definition) is 2. The van der Waals surface area contributed by atoms with Crippen LogP contribution in [0.15, 0.2) is 18.3 Å². The average molecular weight is 180 g/mol. The average Bonchev–Trinajstić information content (AvgIpc) is 2.12. The summed E-state index contributed by atoms with van der Waals surface area (Å²) in [5, 5.41) is 0. The van der Waals surface area contributed by atoms with Crippen molar-refractivity contribution in [3.05, 3.63) is 35.7 Å². The van der Waals surface area contributed by atoms with Gasteiger partial charge in [0.1, 0.15) is 5.52 Å². The number of benzene rings is 1. The molecule has 0 radical (unpaired) electrons. The molecule has 13 heavy (non-hydrogen) atoms. The number of hydrogen-bond donors (Lipinski definition) is 0. The van der Waals surface area contributed by atoms with E-state index in [1.165, 1.54) is 12.3 Å². The van der Waals surface area contributed by atoms with Crippen molar-refractivity contribution in [3.8, 4) is 0 Å². The monoisotopic (exact) mass is 180 g/mol. The number of halogens is 2. The van der Waals surface area contributed by atoms with Crippen LogP contribution >= 0.6 is 0 Å². The molecule has 0 unspecified atom stereocenters. The molecule has 0 fully saturated rings. The zero-order chi connectivity index (χ0) is 9.42. The van der Waals surface area contributed by atoms with Crippen molar-refractivity contribution in [3.63, 3.8) is 0 Å². The van der Waals surface area contributed by atoms with Gasteiger partial charge < -0.3 is 0 Å². The number of aryl methyl sites for hydroxylation is 1. The molecule has 0 aliphatic carbocycles. The van der Waals surface area contributed by atoms with Gasteiger partial charge in [-0.05, 0) is 19.1 Å². The highest BCUT2D eigenvalue weighted by Crippen LogP contribution is 2.16. The van der Waals surface area contributed by atoms with Gasteiger partial charge in [0.2, 0.25) is 0 Å². The Kier molecular flexibility index (Phi) is 1.69. The van der Waals surface area contributed by atoms with Gasteiger partial charge in [0.15, 0.2) is 11.6 Å². The lowest BCUT2D eigenvalue weighted by Gasteiger charge is -1.99. The first-order chi connectivity index (χ1) is 6.18. The van der Waals surface area contributed by atoms with Crippen molar-refractivity contribution in [2.75, 3.05) is 0 Å². The van der Waals surface area contributed by atoms with Gasteiger partial charge in [-0.25, -0.2) is 18.7 Å². The fourth-order valence-electron chi connectivity index (χ4n) is 1.12. The summed E-state index contributed by atoms with van der Waals surface area (Å²) in [5.41, 5.74) is 1.03. The molecule has 4 heteroatoms. The van der Waals surface area contributed by atoms with Crippen LogP contribution in [0, 0.1) is 18.6 Å². The van der Waals surface area contributed by atoms with Crippen molar-refractivity contribution in [1.82, 2.24) is 9.97 Å². The molecular formula is C9H6F2N2. The molecule has 0 spiro atoms. The van der Waals surface area contributed by atoms with E-state index in [9.17, 15) is 8.78 Å². The maximum absolute atomic E-state index is 13.1. The highest BCUT2D eigenvalue weighted by Gasteiger charge is 2.08. The van der Waals surface area contributed by atoms with Crippen LogP contribution in [0.25, 0.3) is 11.0 Å². The standard InChI is InChI=1S/C9H6F2N2/c1-5-4-12-9-7(13-5)3-2-6(10)8(9)11/h2-4H,1H3. The lowest BCUT2D eigenvalue weighted by molar-refractivity contribution is 0.515. The van der Waals surface area contributed by atoms with E-state index in [1.807, 2.05) is 0 Å². The Bertz CT molecular complexity index is 468. The van der Waals surface area contributed by atoms with Crippen molar-refractivity contribution >= 4 is 11.0 Å². The van der Waals surface area contributed by atoms with Gasteiger partial charge in [0.05, 0.1) is 11.2 Å². The van der Waals surface area contributed by atoms with Crippen LogP contribution in [0.4, 0.5) is 8.78 Å². The summed E-state index contributed by atoms with van der Waals surface area (Å²) in [5.74, 6) is -1.84. The molecule has 0 bridgehead atoms. The number of rotatable bonds is 0. The van der Waals surface area contributed by atoms with E-state index in [-0.39, 0.29) is 5.52 Å². The Balaban J connectivity index is 2.87. The summed E-state index contributed by atoms with van der Waals surface area (Å²) in [6, 6.07) is 2.46. The molecule has 0 amide bonds. The molecule has 2 nitrogen and oxygen atoms in total. The van der Waals surface area contributed by atoms with Crippen LogP contribution in [-0.4, -0.2) is 9.97 Å². The smallest absolute Gasteiger partial charge is 0.186 e. The zero-order valence-corrected chi connectivity index (χ0v) is 6.88. The van der Waals surface area contributed by atoms with Crippen LogP contribution in [0.2, 0.25) is 0 Å². The maximum Gasteiger partial charge on any atom is 0.186 e. The van der Waals surface area contributed by atoms with Crippen molar-refractivity contribution < 1.29 is 8.78 Å². The van der Waals surface area contributed by atoms with E-state index in [4.69, 9.17) is 0 Å². The lowest BCUT2D eigenvalue weighted by Crippen LogP contribution is -1.92. The molecule has 0 atom stereocenters. The fourth-order valence-corrected chi connectivity index (χ4v) is 1.12. The van der Waals surface area contributed by atoms with Crippen LogP contribution in [0.1, 0.15) is 5.69 Å². The molecule has 1 aromatic heterocycles. The number of nitrogens with zero attached hydrogens (tertiary/aromatic N) is 2. The molecule has 0 N–H and O–H groups in total. The summed E-state index contributed by atoms with van der Waals surface area (Å²) >= 11 is 0. The second kappa shape index (κ2) is 2.73. The molecule has 0 saturated carbocycles. The van der Waals surface area contributed by atoms with Crippen LogP contribution in [-0.2, 0) is 0 Å². The first-order valence-corrected chi connectivity index (χ1v) is 3.76. The first-order valence-electron chi connectivity index (χ1n) is 3.76. The molecule has 66 valence electrons. The number of fused-ring (bicyclic) bond motifs is 1. The zero-order valence-electron chi connectivity index (χ0n) is 6.88. The van der Waals surface area contributed by atoms with Gasteiger partial charge >= 0.3 is 0 Å². The summed E-state index contributed by atoms with van der Waals surface area (Å²) in [6.45, 7) is 1.74. The molecule has 2 rings (SSSR count). The Morgan fingerprint density at radius 2 is 2.00 bits per heavy atom. The van der Waals surface area contributed by atoms with Gasteiger partial charge in [-0.1, -0.05) is 0 Å². The first kappa shape index (κ1) is 8.04. The third kappa shape index (κ3) is 1.24. The molecular weight excluding hydrogens is 174 g/mol. The van der Waals surface area contributed by atoms with Gasteiger partial charge in [-0.15, -0.1) is 0 Å². The normalized spacial score (nSPS) is 10.7. The van der Waals surface area contributed by atoms with E-state index in [2.05, 4.69) is 9.97 Å². The summed E-state index contributed by atoms with van der Waals surface area (Å²) < 4.78 is 25.8. The Hall–Kier alpha value is -1.58. The molecule has 0 saturated heterocycles. The third-order valence-electron chi connectivity index (χ3n) is 1.73. The van der Waals surface area contributed by atoms with E-state index in [0.29, 0.717) is 11.2 Å². The molecule has 2 aromatic rings. The Morgan fingerprint density at radius 3 is 2.77 bits per heavy atom. The predicted octanol–water partition coefficient (Wildman–Crippen LogP) is 2.22. The minimum Gasteiger partial charge on any atom is -0.250 e. The molecule has 0 aliphatic heterocycles. The largest absolute Gasteiger partial charge is 0.250 e. The predicted molar refractivity (Wildman–Crippen MR) is 44.2 cm³/mol. The van der Waals surface area contributed by atoms with E-state index in [0.717, 1.165) is 6.07 Å². The van der Waals surface area contributed by atoms with Crippen molar-refractivity contribution in [2.45, 2.75) is 6.92 Å². The van der Waals surface area contributed by atoms with E-state index >= 15 is 0 Å². The topological polar surface area (TPSA) is 25.8 Å². The molecule has 1 aromatic carbocycles. The van der Waals surface area contributed by atoms with Gasteiger partial charge in [-0.2, -0.15) is 0 Å². The third-order valence-corrected chi connectivity index (χ3v) is 1.73. The quantitative estimate of drug-likeness (QED) is 0.621. The summed E-state index contributed by atoms with van der Waals surface area (Å²) in [4.78, 5) is 7.77. The number of aromatic nitrogens is 2. The van der Waals surface area contributed by atoms with E-state index in [1.54, 1.807) is 6.92 Å². The highest BCUT2D eigenvalue weighted by molar-refractivity contribution is 5.74. The second-order valence-electron chi connectivity index (χ2n) is 2.74. The Morgan fingerprint density at radius 1 is 1.23 bits per heavy atom. The van der Waals surface area contributed by atoms with E-state index < -0.39 is 11.6 Å².